The quantitative estimate of drug-likeness (QED) is 0.890. The van der Waals surface area contributed by atoms with E-state index < -0.39 is 11.4 Å². The van der Waals surface area contributed by atoms with E-state index in [9.17, 15) is 14.3 Å². The van der Waals surface area contributed by atoms with E-state index >= 15 is 0 Å². The molecule has 0 aliphatic carbocycles. The third-order valence-corrected chi connectivity index (χ3v) is 3.01. The van der Waals surface area contributed by atoms with Crippen LogP contribution in [0.25, 0.3) is 11.4 Å². The van der Waals surface area contributed by atoms with E-state index in [0.29, 0.717) is 5.56 Å². The summed E-state index contributed by atoms with van der Waals surface area (Å²) in [6, 6.07) is 3.71. The van der Waals surface area contributed by atoms with E-state index in [1.807, 2.05) is 0 Å². The number of hydrogen-bond donors (Lipinski definition) is 2. The first kappa shape index (κ1) is 13.5. The maximum Gasteiger partial charge on any atom is 0.258 e. The molecule has 0 fully saturated rings. The summed E-state index contributed by atoms with van der Waals surface area (Å²) in [5.41, 5.74) is 0.130. The van der Waals surface area contributed by atoms with Gasteiger partial charge in [-0.05, 0) is 24.1 Å². The molecule has 0 radical (unpaired) electrons. The molecule has 4 nitrogen and oxygen atoms in total. The van der Waals surface area contributed by atoms with Crippen molar-refractivity contribution in [2.24, 2.45) is 0 Å². The van der Waals surface area contributed by atoms with Gasteiger partial charge in [0.15, 0.2) is 0 Å². The molecule has 19 heavy (non-hydrogen) atoms. The highest BCUT2D eigenvalue weighted by molar-refractivity contribution is 6.33. The molecular formula is C13H12ClFN2O2. The van der Waals surface area contributed by atoms with Gasteiger partial charge < -0.3 is 10.1 Å². The Kier molecular flexibility index (Phi) is 3.57. The minimum Gasteiger partial charge on any atom is -0.493 e. The van der Waals surface area contributed by atoms with Crippen molar-refractivity contribution in [3.05, 3.63) is 45.0 Å². The van der Waals surface area contributed by atoms with Crippen molar-refractivity contribution in [3.8, 4) is 17.3 Å². The molecule has 100 valence electrons. The smallest absolute Gasteiger partial charge is 0.258 e. The highest BCUT2D eigenvalue weighted by Crippen LogP contribution is 2.27. The molecule has 0 spiro atoms. The second-order valence-electron chi connectivity index (χ2n) is 4.43. The zero-order chi connectivity index (χ0) is 14.2. The maximum absolute atomic E-state index is 13.0. The van der Waals surface area contributed by atoms with Gasteiger partial charge in [0, 0.05) is 5.56 Å². The standard InChI is InChI=1S/C13H12ClFN2O2/c1-6(2)10-12(18)16-11(17-13(10)19)8-4-3-7(15)5-9(8)14/h3-6H,1-2H3,(H2,16,17,18,19). The SMILES string of the molecule is CC(C)c1c(O)nc(-c2ccc(F)cc2Cl)[nH]c1=O. The lowest BCUT2D eigenvalue weighted by Crippen LogP contribution is -2.16. The Balaban J connectivity index is 2.62. The first-order valence-electron chi connectivity index (χ1n) is 5.68. The van der Waals surface area contributed by atoms with E-state index in [2.05, 4.69) is 9.97 Å². The molecule has 0 saturated carbocycles. The van der Waals surface area contributed by atoms with Crippen LogP contribution in [-0.2, 0) is 0 Å². The van der Waals surface area contributed by atoms with Gasteiger partial charge in [-0.1, -0.05) is 25.4 Å². The third kappa shape index (κ3) is 2.61. The summed E-state index contributed by atoms with van der Waals surface area (Å²) in [6.07, 6.45) is 0. The molecule has 2 aromatic rings. The zero-order valence-corrected chi connectivity index (χ0v) is 11.1. The van der Waals surface area contributed by atoms with Crippen LogP contribution in [0.5, 0.6) is 5.88 Å². The predicted octanol–water partition coefficient (Wildman–Crippen LogP) is 3.06. The van der Waals surface area contributed by atoms with Gasteiger partial charge >= 0.3 is 0 Å². The highest BCUT2D eigenvalue weighted by atomic mass is 35.5. The minimum atomic E-state index is -0.487. The Morgan fingerprint density at radius 1 is 1.42 bits per heavy atom. The predicted molar refractivity (Wildman–Crippen MR) is 71.0 cm³/mol. The lowest BCUT2D eigenvalue weighted by Gasteiger charge is -2.09. The molecule has 0 saturated heterocycles. The van der Waals surface area contributed by atoms with Gasteiger partial charge in [-0.3, -0.25) is 4.79 Å². The van der Waals surface area contributed by atoms with Gasteiger partial charge in [-0.15, -0.1) is 0 Å². The van der Waals surface area contributed by atoms with E-state index in [-0.39, 0.29) is 28.2 Å². The van der Waals surface area contributed by atoms with Crippen LogP contribution < -0.4 is 5.56 Å². The molecule has 2 N–H and O–H groups in total. The van der Waals surface area contributed by atoms with Crippen LogP contribution in [0.3, 0.4) is 0 Å². The number of rotatable bonds is 2. The van der Waals surface area contributed by atoms with Crippen molar-refractivity contribution >= 4 is 11.6 Å². The third-order valence-electron chi connectivity index (χ3n) is 2.70. The van der Waals surface area contributed by atoms with Crippen LogP contribution >= 0.6 is 11.6 Å². The number of aromatic amines is 1. The average Bonchev–Trinajstić information content (AvgIpc) is 2.26. The monoisotopic (exact) mass is 282 g/mol. The Morgan fingerprint density at radius 3 is 2.63 bits per heavy atom. The fourth-order valence-electron chi connectivity index (χ4n) is 1.80. The summed E-state index contributed by atoms with van der Waals surface area (Å²) in [7, 11) is 0. The van der Waals surface area contributed by atoms with Crippen LogP contribution in [0.15, 0.2) is 23.0 Å². The number of benzene rings is 1. The van der Waals surface area contributed by atoms with Crippen molar-refractivity contribution < 1.29 is 9.50 Å². The van der Waals surface area contributed by atoms with Crippen molar-refractivity contribution in [2.75, 3.05) is 0 Å². The summed E-state index contributed by atoms with van der Waals surface area (Å²) in [5, 5.41) is 9.91. The first-order valence-corrected chi connectivity index (χ1v) is 6.06. The minimum absolute atomic E-state index is 0.108. The van der Waals surface area contributed by atoms with Gasteiger partial charge in [0.05, 0.1) is 10.6 Å². The van der Waals surface area contributed by atoms with Gasteiger partial charge in [0.25, 0.3) is 5.56 Å². The largest absolute Gasteiger partial charge is 0.493 e. The fraction of sp³-hybridized carbons (Fsp3) is 0.231. The van der Waals surface area contributed by atoms with Crippen molar-refractivity contribution in [3.63, 3.8) is 0 Å². The normalized spacial score (nSPS) is 11.0. The number of H-pyrrole nitrogens is 1. The second kappa shape index (κ2) is 5.01. The van der Waals surface area contributed by atoms with Crippen LogP contribution in [0, 0.1) is 5.82 Å². The summed E-state index contributed by atoms with van der Waals surface area (Å²) in [4.78, 5) is 18.3. The number of nitrogens with zero attached hydrogens (tertiary/aromatic N) is 1. The Morgan fingerprint density at radius 2 is 2.11 bits per heavy atom. The van der Waals surface area contributed by atoms with Gasteiger partial charge in [0.2, 0.25) is 5.88 Å². The summed E-state index contributed by atoms with van der Waals surface area (Å²) in [5.74, 6) is -0.876. The van der Waals surface area contributed by atoms with Crippen molar-refractivity contribution in [2.45, 2.75) is 19.8 Å². The van der Waals surface area contributed by atoms with E-state index in [0.717, 1.165) is 6.07 Å². The molecule has 0 bridgehead atoms. The van der Waals surface area contributed by atoms with E-state index in [4.69, 9.17) is 11.6 Å². The second-order valence-corrected chi connectivity index (χ2v) is 4.84. The molecule has 1 aromatic heterocycles. The number of nitrogens with one attached hydrogen (secondary N) is 1. The number of aromatic nitrogens is 2. The average molecular weight is 283 g/mol. The van der Waals surface area contributed by atoms with Crippen molar-refractivity contribution in [1.82, 2.24) is 9.97 Å². The molecule has 0 aliphatic rings. The Labute approximate surface area is 113 Å². The molecule has 0 atom stereocenters. The van der Waals surface area contributed by atoms with Gasteiger partial charge in [0.1, 0.15) is 11.6 Å². The van der Waals surface area contributed by atoms with Crippen LogP contribution in [0.1, 0.15) is 25.3 Å². The lowest BCUT2D eigenvalue weighted by atomic mass is 10.1. The maximum atomic E-state index is 13.0. The fourth-order valence-corrected chi connectivity index (χ4v) is 2.06. The highest BCUT2D eigenvalue weighted by Gasteiger charge is 2.16. The van der Waals surface area contributed by atoms with Crippen LogP contribution in [-0.4, -0.2) is 15.1 Å². The molecule has 1 aromatic carbocycles. The Bertz CT molecular complexity index is 683. The molecule has 2 rings (SSSR count). The Hall–Kier alpha value is -1.88. The van der Waals surface area contributed by atoms with E-state index in [1.165, 1.54) is 12.1 Å². The zero-order valence-electron chi connectivity index (χ0n) is 10.4. The summed E-state index contributed by atoms with van der Waals surface area (Å²) in [6.45, 7) is 3.55. The van der Waals surface area contributed by atoms with Gasteiger partial charge in [-0.25, -0.2) is 4.39 Å². The van der Waals surface area contributed by atoms with Crippen molar-refractivity contribution in [1.29, 1.82) is 0 Å². The molecule has 0 unspecified atom stereocenters. The molecule has 0 amide bonds. The number of hydrogen-bond acceptors (Lipinski definition) is 3. The topological polar surface area (TPSA) is 66.0 Å². The first-order chi connectivity index (χ1) is 8.90. The molecular weight excluding hydrogens is 271 g/mol. The number of aromatic hydroxyl groups is 1. The van der Waals surface area contributed by atoms with Crippen LogP contribution in [0.2, 0.25) is 5.02 Å². The molecule has 1 heterocycles. The summed E-state index contributed by atoms with van der Waals surface area (Å²) < 4.78 is 13.0. The summed E-state index contributed by atoms with van der Waals surface area (Å²) >= 11 is 5.89. The molecule has 6 heteroatoms. The number of halogens is 2. The molecule has 0 aliphatic heterocycles. The van der Waals surface area contributed by atoms with E-state index in [1.54, 1.807) is 13.8 Å². The van der Waals surface area contributed by atoms with Crippen LogP contribution in [0.4, 0.5) is 4.39 Å². The van der Waals surface area contributed by atoms with Gasteiger partial charge in [-0.2, -0.15) is 4.98 Å². The lowest BCUT2D eigenvalue weighted by molar-refractivity contribution is 0.440.